The van der Waals surface area contributed by atoms with Crippen LogP contribution in [-0.4, -0.2) is 92.2 Å². The molecule has 3 aromatic heterocycles. The minimum Gasteiger partial charge on any atom is -0.550 e. The average molecular weight is 1560 g/mol. The van der Waals surface area contributed by atoms with Gasteiger partial charge in [-0.15, -0.1) is 12.8 Å². The highest BCUT2D eigenvalue weighted by atomic mass is 35.5. The number of aromatic nitrogens is 6. The van der Waals surface area contributed by atoms with Crippen LogP contribution in [0.15, 0.2) is 73.2 Å². The summed E-state index contributed by atoms with van der Waals surface area (Å²) in [5, 5.41) is 32.1. The first-order valence-electron chi connectivity index (χ1n) is 32.1. The van der Waals surface area contributed by atoms with E-state index in [1.807, 2.05) is 0 Å². The van der Waals surface area contributed by atoms with Crippen LogP contribution in [0.5, 0.6) is 18.0 Å². The molecular formula is C81H70Cl3F6N11O9. The molecule has 566 valence electrons. The van der Waals surface area contributed by atoms with Crippen LogP contribution in [0.3, 0.4) is 0 Å². The molecule has 20 nitrogen and oxygen atoms in total. The highest BCUT2D eigenvalue weighted by molar-refractivity contribution is 6.31. The van der Waals surface area contributed by atoms with E-state index in [1.54, 1.807) is 32.9 Å². The third-order valence-electron chi connectivity index (χ3n) is 18.0. The van der Waals surface area contributed by atoms with E-state index in [1.165, 1.54) is 36.4 Å². The van der Waals surface area contributed by atoms with Gasteiger partial charge in [0.2, 0.25) is 0 Å². The topological polar surface area (TPSA) is 305 Å². The molecule has 3 aliphatic carbocycles. The van der Waals surface area contributed by atoms with Crippen molar-refractivity contribution in [2.24, 2.45) is 34.0 Å². The lowest BCUT2D eigenvalue weighted by Crippen LogP contribution is -2.38. The van der Waals surface area contributed by atoms with Crippen LogP contribution in [0.1, 0.15) is 89.3 Å². The first-order chi connectivity index (χ1) is 51.0. The van der Waals surface area contributed by atoms with E-state index in [9.17, 15) is 56.0 Å². The predicted octanol–water partition coefficient (Wildman–Crippen LogP) is 10.7. The molecule has 3 aromatic carbocycles. The summed E-state index contributed by atoms with van der Waals surface area (Å²) in [6, 6.07) is 12.5. The molecule has 6 heterocycles. The summed E-state index contributed by atoms with van der Waals surface area (Å²) in [6.45, 7) is 2.64. The van der Waals surface area contributed by atoms with Crippen LogP contribution < -0.4 is 51.4 Å². The number of carboxylic acids is 3. The Hall–Kier alpha value is -12.4. The van der Waals surface area contributed by atoms with Gasteiger partial charge in [-0.05, 0) is 205 Å². The van der Waals surface area contributed by atoms with Gasteiger partial charge in [-0.3, -0.25) is 4.79 Å². The Bertz CT molecular complexity index is 4660. The molecule has 110 heavy (non-hydrogen) atoms. The Labute approximate surface area is 648 Å². The first-order valence-corrected chi connectivity index (χ1v) is 33.3. The number of carbonyl (C=O) groups is 3. The maximum Gasteiger partial charge on any atom is 0.318 e. The number of benzene rings is 3. The standard InChI is InChI=1S/C22H2.3C19H18ClF2N3O3.2CH4.2H3N/c1-3-5-7-9-11-13-15-17-19-21-22-20-18-16-14-12-10-8-6-4-2;3*20-12-2-1-11(14(21)7-12)10-28-18-23-9-15(22)16(24-18)25-5-3-19(4-6-25)8-13(19)17(26)27;;;;/h1-2H;3*1-2,7,9,13H,3-6,8,10H2,(H,26,27);2*1H4;2*1H3. The molecule has 0 radical (unpaired) electrons. The van der Waals surface area contributed by atoms with Gasteiger partial charge < -0.3 is 66.1 Å². The van der Waals surface area contributed by atoms with E-state index in [-0.39, 0.29) is 136 Å². The maximum atomic E-state index is 14.2. The van der Waals surface area contributed by atoms with Crippen molar-refractivity contribution in [2.75, 3.05) is 54.0 Å². The maximum absolute atomic E-state index is 14.2. The van der Waals surface area contributed by atoms with Crippen molar-refractivity contribution in [1.29, 1.82) is 0 Å². The summed E-state index contributed by atoms with van der Waals surface area (Å²) >= 11 is 17.2. The van der Waals surface area contributed by atoms with Crippen LogP contribution in [-0.2, 0) is 34.2 Å². The highest BCUT2D eigenvalue weighted by Gasteiger charge is 2.59. The van der Waals surface area contributed by atoms with Crippen molar-refractivity contribution in [1.82, 2.24) is 42.2 Å². The zero-order valence-electron chi connectivity index (χ0n) is 57.7. The molecule has 3 spiro atoms. The third kappa shape index (κ3) is 24.6. The number of hydrogen-bond acceptors (Lipinski definition) is 17. The number of piperidine rings is 3. The number of quaternary nitrogens is 2. The number of rotatable bonds is 15. The van der Waals surface area contributed by atoms with Crippen molar-refractivity contribution in [3.05, 3.63) is 140 Å². The number of terminal acetylenes is 2. The monoisotopic (exact) mass is 1560 g/mol. The number of carboxylic acid groups (broad SMARTS) is 3. The molecule has 3 unspecified atom stereocenters. The molecule has 3 saturated carbocycles. The normalized spacial score (nSPS) is 16.2. The Morgan fingerprint density at radius 3 is 0.873 bits per heavy atom. The van der Waals surface area contributed by atoms with Gasteiger partial charge in [0.25, 0.3) is 0 Å². The van der Waals surface area contributed by atoms with Gasteiger partial charge in [0.05, 0.1) is 24.5 Å². The number of hydrogen-bond donors (Lipinski definition) is 3. The van der Waals surface area contributed by atoms with E-state index in [2.05, 4.69) is 148 Å². The fourth-order valence-corrected chi connectivity index (χ4v) is 12.5. The van der Waals surface area contributed by atoms with Crippen molar-refractivity contribution >= 4 is 70.2 Å². The summed E-state index contributed by atoms with van der Waals surface area (Å²) < 4.78 is 100. The van der Waals surface area contributed by atoms with Crippen molar-refractivity contribution < 1.29 is 70.3 Å². The summed E-state index contributed by atoms with van der Waals surface area (Å²) in [7, 11) is 0. The zero-order chi connectivity index (χ0) is 75.8. The Balaban J connectivity index is 0.000000261. The fraction of sp³-hybridized carbons (Fsp3) is 0.321. The lowest BCUT2D eigenvalue weighted by atomic mass is 9.91. The SMILES string of the molecule is C.C.C#CC#CC#CC#CC#CC#CC#CC#CC#CC#CC#C.O=C(O)C1CC12CCN(c1nc(OCc3ccc(Cl)cc3F)ncc1F)CC2.O=C([O-])C1CC12CCN(c1nc(OCc3ccc(Cl)cc3F)ncc1F)CC2.O=C([O-])C1CC12CCN(c1nc(OCc3ccc(Cl)cc3F)ncc1F)CC2.[NH4+].[NH4+]. The number of halogens is 9. The van der Waals surface area contributed by atoms with E-state index >= 15 is 0 Å². The second-order valence-electron chi connectivity index (χ2n) is 24.4. The largest absolute Gasteiger partial charge is 0.550 e. The van der Waals surface area contributed by atoms with Crippen LogP contribution in [0, 0.1) is 200 Å². The Morgan fingerprint density at radius 1 is 0.427 bits per heavy atom. The molecule has 6 aliphatic rings. The number of ether oxygens (including phenoxy) is 3. The molecule has 3 aliphatic heterocycles. The third-order valence-corrected chi connectivity index (χ3v) is 18.8. The summed E-state index contributed by atoms with van der Waals surface area (Å²) in [4.78, 5) is 62.4. The number of anilines is 3. The van der Waals surface area contributed by atoms with Crippen LogP contribution in [0.2, 0.25) is 15.1 Å². The number of carbonyl (C=O) groups excluding carboxylic acids is 2. The molecule has 0 bridgehead atoms. The van der Waals surface area contributed by atoms with E-state index in [4.69, 9.17) is 61.9 Å². The van der Waals surface area contributed by atoms with Crippen LogP contribution in [0.4, 0.5) is 43.8 Å². The minimum atomic E-state index is -1.01. The van der Waals surface area contributed by atoms with Crippen LogP contribution >= 0.6 is 34.8 Å². The van der Waals surface area contributed by atoms with Gasteiger partial charge in [-0.1, -0.05) is 67.9 Å². The minimum absolute atomic E-state index is 0. The smallest absolute Gasteiger partial charge is 0.318 e. The highest BCUT2D eigenvalue weighted by Crippen LogP contribution is 2.61. The van der Waals surface area contributed by atoms with Gasteiger partial charge in [0, 0.05) is 118 Å². The van der Waals surface area contributed by atoms with Gasteiger partial charge in [-0.2, -0.15) is 15.0 Å². The number of aliphatic carboxylic acids is 3. The summed E-state index contributed by atoms with van der Waals surface area (Å²) in [5.74, 6) is 41.4. The van der Waals surface area contributed by atoms with Gasteiger partial charge >= 0.3 is 24.0 Å². The molecule has 6 fully saturated rings. The van der Waals surface area contributed by atoms with Crippen LogP contribution in [0.25, 0.3) is 0 Å². The van der Waals surface area contributed by atoms with E-state index < -0.39 is 64.6 Å². The van der Waals surface area contributed by atoms with E-state index in [0.29, 0.717) is 97.1 Å². The average Bonchev–Trinajstić information content (AvgIpc) is 1.60. The predicted molar refractivity (Wildman–Crippen MR) is 400 cm³/mol. The molecule has 29 heteroatoms. The second-order valence-corrected chi connectivity index (χ2v) is 25.7. The lowest BCUT2D eigenvalue weighted by Gasteiger charge is -2.34. The molecule has 3 atom stereocenters. The summed E-state index contributed by atoms with van der Waals surface area (Å²) in [6.07, 6.45) is 18.7. The quantitative estimate of drug-likeness (QED) is 0.0635. The lowest BCUT2D eigenvalue weighted by molar-refractivity contribution is -0.310. The van der Waals surface area contributed by atoms with Gasteiger partial charge in [0.1, 0.15) is 37.3 Å². The van der Waals surface area contributed by atoms with Crippen molar-refractivity contribution in [3.63, 3.8) is 0 Å². The van der Waals surface area contributed by atoms with Crippen molar-refractivity contribution in [2.45, 2.75) is 92.5 Å². The van der Waals surface area contributed by atoms with Gasteiger partial charge in [0.15, 0.2) is 34.9 Å². The molecule has 3 saturated heterocycles. The summed E-state index contributed by atoms with van der Waals surface area (Å²) in [5.41, 5.74) is 0.250. The number of nitrogens with zero attached hydrogens (tertiary/aromatic N) is 9. The Kier molecular flexibility index (Phi) is 33.4. The molecule has 9 N–H and O–H groups in total. The van der Waals surface area contributed by atoms with Gasteiger partial charge in [-0.25, -0.2) is 41.3 Å². The molecule has 12 rings (SSSR count). The molecule has 6 aromatic rings. The zero-order valence-corrected chi connectivity index (χ0v) is 60.0. The molecule has 0 amide bonds. The molecular weight excluding hydrogens is 1490 g/mol. The first kappa shape index (κ1) is 88.3. The van der Waals surface area contributed by atoms with E-state index in [0.717, 1.165) is 18.6 Å². The Morgan fingerprint density at radius 2 is 0.664 bits per heavy atom. The van der Waals surface area contributed by atoms with Crippen molar-refractivity contribution in [3.8, 4) is 149 Å². The fourth-order valence-electron chi connectivity index (χ4n) is 12.0. The second kappa shape index (κ2) is 41.7.